The molecular weight excluding hydrogens is 288 g/mol. The molecule has 2 rings (SSSR count). The van der Waals surface area contributed by atoms with E-state index in [0.717, 1.165) is 9.75 Å². The van der Waals surface area contributed by atoms with E-state index in [1.54, 1.807) is 7.11 Å². The Hall–Kier alpha value is -1.40. The lowest BCUT2D eigenvalue weighted by Crippen LogP contribution is -2.49. The van der Waals surface area contributed by atoms with Gasteiger partial charge in [0.2, 0.25) is 5.91 Å². The number of thiophene rings is 1. The molecule has 0 saturated carbocycles. The summed E-state index contributed by atoms with van der Waals surface area (Å²) in [6.45, 7) is 3.65. The molecule has 5 nitrogen and oxygen atoms in total. The van der Waals surface area contributed by atoms with Gasteiger partial charge in [-0.2, -0.15) is 0 Å². The molecule has 0 bridgehead atoms. The highest BCUT2D eigenvalue weighted by molar-refractivity contribution is 7.13. The van der Waals surface area contributed by atoms with E-state index >= 15 is 0 Å². The third-order valence-corrected chi connectivity index (χ3v) is 5.26. The van der Waals surface area contributed by atoms with Crippen LogP contribution in [0.4, 0.5) is 0 Å². The zero-order valence-corrected chi connectivity index (χ0v) is 13.4. The Morgan fingerprint density at radius 3 is 2.52 bits per heavy atom. The second kappa shape index (κ2) is 6.58. The lowest BCUT2D eigenvalue weighted by molar-refractivity contribution is -0.131. The van der Waals surface area contributed by atoms with Crippen molar-refractivity contribution in [2.45, 2.75) is 26.2 Å². The van der Waals surface area contributed by atoms with Gasteiger partial charge >= 0.3 is 0 Å². The van der Waals surface area contributed by atoms with Crippen LogP contribution in [0.2, 0.25) is 0 Å². The fraction of sp³-hybridized carbons (Fsp3) is 0.600. The Labute approximate surface area is 129 Å². The number of carbonyl (C=O) groups excluding carboxylic acids is 2. The monoisotopic (exact) mass is 310 g/mol. The van der Waals surface area contributed by atoms with Crippen LogP contribution in [0.25, 0.3) is 0 Å². The van der Waals surface area contributed by atoms with Crippen LogP contribution in [0, 0.1) is 12.3 Å². The van der Waals surface area contributed by atoms with Crippen LogP contribution < -0.4 is 5.73 Å². The number of ether oxygens (including phenoxy) is 1. The Kier molecular flexibility index (Phi) is 5.00. The Morgan fingerprint density at radius 1 is 1.38 bits per heavy atom. The van der Waals surface area contributed by atoms with Crippen molar-refractivity contribution in [3.63, 3.8) is 0 Å². The van der Waals surface area contributed by atoms with Crippen LogP contribution in [0.5, 0.6) is 0 Å². The Balaban J connectivity index is 2.01. The summed E-state index contributed by atoms with van der Waals surface area (Å²) in [5.74, 6) is -0.225. The maximum atomic E-state index is 12.4. The molecule has 1 fully saturated rings. The number of aryl methyl sites for hydroxylation is 1. The van der Waals surface area contributed by atoms with E-state index in [1.165, 1.54) is 11.3 Å². The van der Waals surface area contributed by atoms with Gasteiger partial charge in [-0.25, -0.2) is 0 Å². The quantitative estimate of drug-likeness (QED) is 0.901. The van der Waals surface area contributed by atoms with Crippen LogP contribution in [0.3, 0.4) is 0 Å². The van der Waals surface area contributed by atoms with E-state index < -0.39 is 5.41 Å². The van der Waals surface area contributed by atoms with Crippen molar-refractivity contribution in [1.82, 2.24) is 4.90 Å². The van der Waals surface area contributed by atoms with Crippen LogP contribution in [0.15, 0.2) is 12.1 Å². The summed E-state index contributed by atoms with van der Waals surface area (Å²) < 4.78 is 5.08. The first-order chi connectivity index (χ1) is 9.98. The largest absolute Gasteiger partial charge is 0.385 e. The number of likely N-dealkylation sites (tertiary alicyclic amines) is 1. The van der Waals surface area contributed by atoms with Gasteiger partial charge in [0.25, 0.3) is 5.91 Å². The number of methoxy groups -OCH3 is 1. The highest BCUT2D eigenvalue weighted by atomic mass is 32.1. The zero-order chi connectivity index (χ0) is 15.5. The number of carbonyl (C=O) groups is 2. The van der Waals surface area contributed by atoms with Gasteiger partial charge in [-0.1, -0.05) is 0 Å². The molecule has 1 aliphatic heterocycles. The third kappa shape index (κ3) is 3.44. The molecule has 2 amide bonds. The summed E-state index contributed by atoms with van der Waals surface area (Å²) in [4.78, 5) is 27.9. The van der Waals surface area contributed by atoms with Gasteiger partial charge < -0.3 is 15.4 Å². The molecule has 0 radical (unpaired) electrons. The summed E-state index contributed by atoms with van der Waals surface area (Å²) >= 11 is 1.51. The molecule has 0 aromatic carbocycles. The van der Waals surface area contributed by atoms with Gasteiger partial charge in [0.05, 0.1) is 10.3 Å². The number of piperidine rings is 1. The van der Waals surface area contributed by atoms with E-state index in [9.17, 15) is 9.59 Å². The van der Waals surface area contributed by atoms with Crippen LogP contribution >= 0.6 is 11.3 Å². The molecule has 0 atom stereocenters. The zero-order valence-electron chi connectivity index (χ0n) is 12.6. The van der Waals surface area contributed by atoms with Crippen molar-refractivity contribution in [3.8, 4) is 0 Å². The van der Waals surface area contributed by atoms with Gasteiger partial charge in [-0.3, -0.25) is 9.59 Å². The predicted molar refractivity (Wildman–Crippen MR) is 82.3 cm³/mol. The minimum Gasteiger partial charge on any atom is -0.385 e. The van der Waals surface area contributed by atoms with Gasteiger partial charge in [0, 0.05) is 31.7 Å². The molecule has 21 heavy (non-hydrogen) atoms. The van der Waals surface area contributed by atoms with Gasteiger partial charge in [-0.05, 0) is 38.3 Å². The van der Waals surface area contributed by atoms with Crippen molar-refractivity contribution in [2.75, 3.05) is 26.8 Å². The molecule has 1 aromatic rings. The number of rotatable bonds is 5. The molecule has 116 valence electrons. The van der Waals surface area contributed by atoms with Crippen LogP contribution in [0.1, 0.15) is 33.8 Å². The van der Waals surface area contributed by atoms with Gasteiger partial charge in [0.1, 0.15) is 0 Å². The summed E-state index contributed by atoms with van der Waals surface area (Å²) in [6.07, 6.45) is 1.85. The minimum absolute atomic E-state index is 0.0536. The van der Waals surface area contributed by atoms with Crippen molar-refractivity contribution >= 4 is 23.2 Å². The predicted octanol–water partition coefficient (Wildman–Crippen LogP) is 1.80. The molecule has 1 saturated heterocycles. The smallest absolute Gasteiger partial charge is 0.263 e. The minimum atomic E-state index is -0.530. The molecule has 1 aromatic heterocycles. The van der Waals surface area contributed by atoms with Crippen LogP contribution in [-0.4, -0.2) is 43.5 Å². The molecular formula is C15H22N2O3S. The van der Waals surface area contributed by atoms with E-state index in [4.69, 9.17) is 10.5 Å². The molecule has 1 aliphatic rings. The first kappa shape index (κ1) is 16.0. The van der Waals surface area contributed by atoms with Gasteiger partial charge in [-0.15, -0.1) is 11.3 Å². The van der Waals surface area contributed by atoms with Crippen molar-refractivity contribution in [2.24, 2.45) is 11.1 Å². The van der Waals surface area contributed by atoms with Crippen molar-refractivity contribution in [1.29, 1.82) is 0 Å². The topological polar surface area (TPSA) is 72.6 Å². The second-order valence-electron chi connectivity index (χ2n) is 5.59. The molecule has 0 aliphatic carbocycles. The highest BCUT2D eigenvalue weighted by Crippen LogP contribution is 2.35. The second-order valence-corrected chi connectivity index (χ2v) is 6.88. The molecule has 2 N–H and O–H groups in total. The van der Waals surface area contributed by atoms with Crippen molar-refractivity contribution in [3.05, 3.63) is 21.9 Å². The summed E-state index contributed by atoms with van der Waals surface area (Å²) in [5, 5.41) is 0. The fourth-order valence-electron chi connectivity index (χ4n) is 2.76. The van der Waals surface area contributed by atoms with E-state index in [0.29, 0.717) is 39.0 Å². The average molecular weight is 310 g/mol. The molecule has 6 heteroatoms. The number of primary amides is 1. The Bertz CT molecular complexity index is 519. The van der Waals surface area contributed by atoms with Gasteiger partial charge in [0.15, 0.2) is 0 Å². The lowest BCUT2D eigenvalue weighted by atomic mass is 9.75. The SMILES string of the molecule is COCCC1(C(N)=O)CCN(C(=O)c2ccc(C)s2)CC1. The van der Waals surface area contributed by atoms with E-state index in [1.807, 2.05) is 24.0 Å². The number of nitrogens with two attached hydrogens (primary N) is 1. The standard InChI is InChI=1S/C15H22N2O3S/c1-11-3-4-12(21-11)13(18)17-8-5-15(6-9-17,14(16)19)7-10-20-2/h3-4H,5-10H2,1-2H3,(H2,16,19). The molecule has 2 heterocycles. The Morgan fingerprint density at radius 2 is 2.05 bits per heavy atom. The maximum Gasteiger partial charge on any atom is 0.263 e. The number of nitrogens with zero attached hydrogens (tertiary/aromatic N) is 1. The first-order valence-corrected chi connectivity index (χ1v) is 7.95. The fourth-order valence-corrected chi connectivity index (χ4v) is 3.60. The highest BCUT2D eigenvalue weighted by Gasteiger charge is 2.40. The number of hydrogen-bond acceptors (Lipinski definition) is 4. The summed E-state index contributed by atoms with van der Waals surface area (Å²) in [5.41, 5.74) is 5.05. The first-order valence-electron chi connectivity index (χ1n) is 7.13. The molecule has 0 unspecified atom stereocenters. The van der Waals surface area contributed by atoms with E-state index in [2.05, 4.69) is 0 Å². The summed E-state index contributed by atoms with van der Waals surface area (Å²) in [7, 11) is 1.62. The normalized spacial score (nSPS) is 17.7. The van der Waals surface area contributed by atoms with Crippen LogP contribution in [-0.2, 0) is 9.53 Å². The number of amides is 2. The lowest BCUT2D eigenvalue weighted by Gasteiger charge is -2.39. The van der Waals surface area contributed by atoms with Crippen molar-refractivity contribution < 1.29 is 14.3 Å². The summed E-state index contributed by atoms with van der Waals surface area (Å²) in [6, 6.07) is 3.82. The molecule has 0 spiro atoms. The maximum absolute atomic E-state index is 12.4. The third-order valence-electron chi connectivity index (χ3n) is 4.27. The van der Waals surface area contributed by atoms with E-state index in [-0.39, 0.29) is 11.8 Å². The number of hydrogen-bond donors (Lipinski definition) is 1. The average Bonchev–Trinajstić information content (AvgIpc) is 2.91.